The summed E-state index contributed by atoms with van der Waals surface area (Å²) in [5.74, 6) is -0.168. The molecule has 2 aromatic carbocycles. The zero-order valence-corrected chi connectivity index (χ0v) is 12.2. The summed E-state index contributed by atoms with van der Waals surface area (Å²) in [6.45, 7) is 0.438. The van der Waals surface area contributed by atoms with Gasteiger partial charge >= 0.3 is 0 Å². The number of hydrogen-bond donors (Lipinski definition) is 2. The molecule has 3 N–H and O–H groups in total. The molecule has 0 heterocycles. The van der Waals surface area contributed by atoms with E-state index in [-0.39, 0.29) is 10.9 Å². The molecule has 0 atom stereocenters. The molecule has 0 aliphatic heterocycles. The van der Waals surface area contributed by atoms with Gasteiger partial charge in [0.1, 0.15) is 4.99 Å². The van der Waals surface area contributed by atoms with E-state index >= 15 is 0 Å². The largest absolute Gasteiger partial charge is 0.389 e. The number of carbonyl (C=O) groups is 1. The smallest absolute Gasteiger partial charge is 0.251 e. The predicted octanol–water partition coefficient (Wildman–Crippen LogP) is 2.90. The van der Waals surface area contributed by atoms with Gasteiger partial charge in [0.25, 0.3) is 5.91 Å². The van der Waals surface area contributed by atoms with E-state index in [9.17, 15) is 4.79 Å². The molecule has 0 aromatic heterocycles. The van der Waals surface area contributed by atoms with E-state index in [4.69, 9.17) is 29.6 Å². The minimum absolute atomic E-state index is 0.168. The fourth-order valence-electron chi connectivity index (χ4n) is 1.70. The molecule has 5 heteroatoms. The van der Waals surface area contributed by atoms with E-state index in [1.54, 1.807) is 36.4 Å². The number of rotatable bonds is 4. The van der Waals surface area contributed by atoms with Gasteiger partial charge in [-0.25, -0.2) is 0 Å². The number of carbonyl (C=O) groups excluding carboxylic acids is 1. The van der Waals surface area contributed by atoms with Crippen molar-refractivity contribution in [1.82, 2.24) is 5.32 Å². The summed E-state index contributed by atoms with van der Waals surface area (Å²) in [6.07, 6.45) is 0. The SMILES string of the molecule is NC(=S)c1cccc(C(=O)NCc2ccc(Cl)cc2)c1. The molecule has 20 heavy (non-hydrogen) atoms. The summed E-state index contributed by atoms with van der Waals surface area (Å²) in [7, 11) is 0. The van der Waals surface area contributed by atoms with Crippen molar-refractivity contribution in [3.8, 4) is 0 Å². The third kappa shape index (κ3) is 3.79. The molecule has 102 valence electrons. The zero-order valence-electron chi connectivity index (χ0n) is 10.6. The molecule has 0 unspecified atom stereocenters. The first-order valence-corrected chi connectivity index (χ1v) is 6.77. The van der Waals surface area contributed by atoms with Crippen LogP contribution in [0.4, 0.5) is 0 Å². The van der Waals surface area contributed by atoms with Crippen LogP contribution in [0, 0.1) is 0 Å². The highest BCUT2D eigenvalue weighted by atomic mass is 35.5. The van der Waals surface area contributed by atoms with Crippen LogP contribution in [-0.2, 0) is 6.54 Å². The summed E-state index contributed by atoms with van der Waals surface area (Å²) in [6, 6.07) is 14.2. The average Bonchev–Trinajstić information content (AvgIpc) is 2.46. The summed E-state index contributed by atoms with van der Waals surface area (Å²) in [4.78, 5) is 12.3. The van der Waals surface area contributed by atoms with Crippen molar-refractivity contribution in [2.24, 2.45) is 5.73 Å². The Morgan fingerprint density at radius 3 is 2.45 bits per heavy atom. The topological polar surface area (TPSA) is 55.1 Å². The van der Waals surface area contributed by atoms with Crippen molar-refractivity contribution in [3.05, 3.63) is 70.2 Å². The summed E-state index contributed by atoms with van der Waals surface area (Å²) in [5, 5.41) is 3.51. The van der Waals surface area contributed by atoms with Gasteiger partial charge in [-0.2, -0.15) is 0 Å². The fourth-order valence-corrected chi connectivity index (χ4v) is 1.95. The van der Waals surface area contributed by atoms with Gasteiger partial charge in [0.15, 0.2) is 0 Å². The number of hydrogen-bond acceptors (Lipinski definition) is 2. The van der Waals surface area contributed by atoms with Crippen LogP contribution in [0.3, 0.4) is 0 Å². The molecule has 2 rings (SSSR count). The van der Waals surface area contributed by atoms with Crippen LogP contribution in [0.1, 0.15) is 21.5 Å². The van der Waals surface area contributed by atoms with Crippen molar-refractivity contribution < 1.29 is 4.79 Å². The van der Waals surface area contributed by atoms with Crippen LogP contribution in [0.2, 0.25) is 5.02 Å². The van der Waals surface area contributed by atoms with Crippen molar-refractivity contribution in [2.45, 2.75) is 6.54 Å². The predicted molar refractivity (Wildman–Crippen MR) is 85.0 cm³/mol. The molecule has 0 aliphatic rings. The van der Waals surface area contributed by atoms with Crippen LogP contribution in [-0.4, -0.2) is 10.9 Å². The van der Waals surface area contributed by atoms with E-state index in [1.165, 1.54) is 0 Å². The van der Waals surface area contributed by atoms with Gasteiger partial charge in [-0.3, -0.25) is 4.79 Å². The Balaban J connectivity index is 2.03. The maximum absolute atomic E-state index is 12.0. The van der Waals surface area contributed by atoms with E-state index < -0.39 is 0 Å². The molecule has 0 aliphatic carbocycles. The third-order valence-electron chi connectivity index (χ3n) is 2.78. The first-order chi connectivity index (χ1) is 9.56. The zero-order chi connectivity index (χ0) is 14.5. The molecule has 0 radical (unpaired) electrons. The molecule has 0 saturated carbocycles. The Morgan fingerprint density at radius 2 is 1.80 bits per heavy atom. The quantitative estimate of drug-likeness (QED) is 0.854. The lowest BCUT2D eigenvalue weighted by Gasteiger charge is -2.07. The molecular weight excluding hydrogens is 292 g/mol. The summed E-state index contributed by atoms with van der Waals surface area (Å²) >= 11 is 10.7. The van der Waals surface area contributed by atoms with E-state index in [0.717, 1.165) is 5.56 Å². The molecule has 2 aromatic rings. The standard InChI is InChI=1S/C15H13ClN2OS/c16-13-6-4-10(5-7-13)9-18-15(19)12-3-1-2-11(8-12)14(17)20/h1-8H,9H2,(H2,17,20)(H,18,19). The molecule has 1 amide bonds. The van der Waals surface area contributed by atoms with Gasteiger partial charge in [-0.1, -0.05) is 48.1 Å². The van der Waals surface area contributed by atoms with Crippen LogP contribution in [0.15, 0.2) is 48.5 Å². The van der Waals surface area contributed by atoms with Crippen molar-refractivity contribution in [2.75, 3.05) is 0 Å². The molecule has 0 spiro atoms. The highest BCUT2D eigenvalue weighted by molar-refractivity contribution is 7.80. The third-order valence-corrected chi connectivity index (χ3v) is 3.26. The second kappa shape index (κ2) is 6.50. The normalized spacial score (nSPS) is 10.1. The lowest BCUT2D eigenvalue weighted by Crippen LogP contribution is -2.23. The maximum atomic E-state index is 12.0. The molecule has 0 bridgehead atoms. The Labute approximate surface area is 127 Å². The summed E-state index contributed by atoms with van der Waals surface area (Å²) < 4.78 is 0. The number of benzene rings is 2. The lowest BCUT2D eigenvalue weighted by atomic mass is 10.1. The van der Waals surface area contributed by atoms with E-state index in [0.29, 0.717) is 22.7 Å². The molecular formula is C15H13ClN2OS. The minimum Gasteiger partial charge on any atom is -0.389 e. The van der Waals surface area contributed by atoms with Crippen molar-refractivity contribution in [1.29, 1.82) is 0 Å². The second-order valence-electron chi connectivity index (χ2n) is 4.25. The fraction of sp³-hybridized carbons (Fsp3) is 0.0667. The number of nitrogens with two attached hydrogens (primary N) is 1. The van der Waals surface area contributed by atoms with Crippen LogP contribution in [0.5, 0.6) is 0 Å². The minimum atomic E-state index is -0.168. The molecule has 0 fully saturated rings. The highest BCUT2D eigenvalue weighted by Crippen LogP contribution is 2.10. The number of thiocarbonyl (C=S) groups is 1. The van der Waals surface area contributed by atoms with Gasteiger partial charge in [0, 0.05) is 22.7 Å². The summed E-state index contributed by atoms with van der Waals surface area (Å²) in [5.41, 5.74) is 7.74. The van der Waals surface area contributed by atoms with Gasteiger partial charge in [0.2, 0.25) is 0 Å². The van der Waals surface area contributed by atoms with Crippen LogP contribution >= 0.6 is 23.8 Å². The van der Waals surface area contributed by atoms with Gasteiger partial charge in [-0.05, 0) is 29.8 Å². The first kappa shape index (κ1) is 14.5. The maximum Gasteiger partial charge on any atom is 0.251 e. The van der Waals surface area contributed by atoms with E-state index in [1.807, 2.05) is 12.1 Å². The highest BCUT2D eigenvalue weighted by Gasteiger charge is 2.07. The molecule has 3 nitrogen and oxygen atoms in total. The Bertz CT molecular complexity index is 641. The van der Waals surface area contributed by atoms with Crippen molar-refractivity contribution >= 4 is 34.7 Å². The van der Waals surface area contributed by atoms with Gasteiger partial charge in [-0.15, -0.1) is 0 Å². The first-order valence-electron chi connectivity index (χ1n) is 5.99. The number of halogens is 1. The van der Waals surface area contributed by atoms with Crippen LogP contribution < -0.4 is 11.1 Å². The van der Waals surface area contributed by atoms with Crippen molar-refractivity contribution in [3.63, 3.8) is 0 Å². The molecule has 0 saturated heterocycles. The Hall–Kier alpha value is -1.91. The van der Waals surface area contributed by atoms with E-state index in [2.05, 4.69) is 5.32 Å². The Kier molecular flexibility index (Phi) is 4.71. The van der Waals surface area contributed by atoms with Gasteiger partial charge in [0.05, 0.1) is 0 Å². The monoisotopic (exact) mass is 304 g/mol. The number of amides is 1. The average molecular weight is 305 g/mol. The number of nitrogens with one attached hydrogen (secondary N) is 1. The lowest BCUT2D eigenvalue weighted by molar-refractivity contribution is 0.0951. The van der Waals surface area contributed by atoms with Crippen LogP contribution in [0.25, 0.3) is 0 Å². The Morgan fingerprint density at radius 1 is 1.15 bits per heavy atom. The second-order valence-corrected chi connectivity index (χ2v) is 5.13. The van der Waals surface area contributed by atoms with Gasteiger partial charge < -0.3 is 11.1 Å².